The van der Waals surface area contributed by atoms with E-state index in [1.54, 1.807) is 6.07 Å². The molecule has 1 aromatic heterocycles. The maximum Gasteiger partial charge on any atom is 0.338 e. The Hall–Kier alpha value is -2.76. The van der Waals surface area contributed by atoms with Crippen LogP contribution < -0.4 is 0 Å². The third-order valence-electron chi connectivity index (χ3n) is 3.30. The van der Waals surface area contributed by atoms with Gasteiger partial charge in [-0.2, -0.15) is 0 Å². The highest BCUT2D eigenvalue weighted by Gasteiger charge is 2.16. The number of halogens is 3. The van der Waals surface area contributed by atoms with Crippen molar-refractivity contribution in [1.82, 2.24) is 4.57 Å². The number of methoxy groups -OCH3 is 1. The number of aromatic nitrogens is 1. The first-order chi connectivity index (χ1) is 10.5. The second kappa shape index (κ2) is 5.22. The summed E-state index contributed by atoms with van der Waals surface area (Å²) >= 11 is 0. The fraction of sp³-hybridized carbons (Fsp3) is 0.0625. The van der Waals surface area contributed by atoms with Gasteiger partial charge in [0.15, 0.2) is 0 Å². The van der Waals surface area contributed by atoms with Gasteiger partial charge in [0.2, 0.25) is 0 Å². The Morgan fingerprint density at radius 1 is 1.00 bits per heavy atom. The number of carbonyl (C=O) groups is 1. The van der Waals surface area contributed by atoms with E-state index in [9.17, 15) is 18.0 Å². The van der Waals surface area contributed by atoms with Gasteiger partial charge in [0.05, 0.1) is 23.9 Å². The summed E-state index contributed by atoms with van der Waals surface area (Å²) in [6.45, 7) is 0. The zero-order valence-corrected chi connectivity index (χ0v) is 11.4. The number of nitrogens with zero attached hydrogens (tertiary/aromatic N) is 1. The van der Waals surface area contributed by atoms with Crippen LogP contribution in [0.2, 0.25) is 0 Å². The lowest BCUT2D eigenvalue weighted by Gasteiger charge is -2.08. The smallest absolute Gasteiger partial charge is 0.338 e. The van der Waals surface area contributed by atoms with Gasteiger partial charge in [0.25, 0.3) is 0 Å². The Labute approximate surface area is 123 Å². The van der Waals surface area contributed by atoms with Crippen molar-refractivity contribution in [2.24, 2.45) is 0 Å². The second-order valence-corrected chi connectivity index (χ2v) is 4.69. The number of rotatable bonds is 2. The van der Waals surface area contributed by atoms with Crippen LogP contribution in [0.3, 0.4) is 0 Å². The van der Waals surface area contributed by atoms with Crippen LogP contribution in [0.4, 0.5) is 13.2 Å². The van der Waals surface area contributed by atoms with Gasteiger partial charge in [0, 0.05) is 17.6 Å². The summed E-state index contributed by atoms with van der Waals surface area (Å²) in [5, 5.41) is 0.429. The van der Waals surface area contributed by atoms with Crippen LogP contribution in [0.5, 0.6) is 0 Å². The first-order valence-corrected chi connectivity index (χ1v) is 6.35. The van der Waals surface area contributed by atoms with E-state index >= 15 is 0 Å². The molecule has 0 atom stereocenters. The van der Waals surface area contributed by atoms with Crippen molar-refractivity contribution in [2.75, 3.05) is 7.11 Å². The molecule has 0 bridgehead atoms. The van der Waals surface area contributed by atoms with Crippen LogP contribution in [-0.4, -0.2) is 17.6 Å². The molecule has 0 unspecified atom stereocenters. The number of esters is 1. The summed E-state index contributed by atoms with van der Waals surface area (Å²) in [5.74, 6) is -2.83. The molecule has 2 aromatic carbocycles. The molecule has 0 aliphatic rings. The predicted molar refractivity (Wildman–Crippen MR) is 74.5 cm³/mol. The summed E-state index contributed by atoms with van der Waals surface area (Å²) in [6, 6.07) is 6.78. The quantitative estimate of drug-likeness (QED) is 0.674. The molecule has 0 spiro atoms. The van der Waals surface area contributed by atoms with Crippen LogP contribution in [0.15, 0.2) is 42.6 Å². The molecule has 1 heterocycles. The predicted octanol–water partition coefficient (Wildman–Crippen LogP) is 3.83. The standard InChI is InChI=1S/C16H10F3NO2/c1-22-16(21)14-7-11(19)8-15-13(14)2-3-20(15)12-5-9(17)4-10(18)6-12/h2-8H,1H3. The fourth-order valence-corrected chi connectivity index (χ4v) is 2.39. The minimum atomic E-state index is -0.749. The molecule has 0 radical (unpaired) electrons. The molecule has 0 aliphatic heterocycles. The molecule has 0 saturated carbocycles. The zero-order chi connectivity index (χ0) is 15.9. The van der Waals surface area contributed by atoms with Crippen LogP contribution in [0, 0.1) is 17.5 Å². The van der Waals surface area contributed by atoms with Crippen LogP contribution in [-0.2, 0) is 4.74 Å². The molecular weight excluding hydrogens is 295 g/mol. The highest BCUT2D eigenvalue weighted by atomic mass is 19.1. The van der Waals surface area contributed by atoms with E-state index in [0.29, 0.717) is 10.9 Å². The first-order valence-electron chi connectivity index (χ1n) is 6.35. The lowest BCUT2D eigenvalue weighted by atomic mass is 10.1. The normalized spacial score (nSPS) is 10.9. The van der Waals surface area contributed by atoms with Crippen molar-refractivity contribution < 1.29 is 22.7 Å². The fourth-order valence-electron chi connectivity index (χ4n) is 2.39. The molecule has 0 N–H and O–H groups in total. The molecule has 3 aromatic rings. The van der Waals surface area contributed by atoms with Crippen LogP contribution in [0.1, 0.15) is 10.4 Å². The molecule has 6 heteroatoms. The first kappa shape index (κ1) is 14.2. The summed E-state index contributed by atoms with van der Waals surface area (Å²) in [4.78, 5) is 11.7. The van der Waals surface area contributed by atoms with Gasteiger partial charge in [-0.3, -0.25) is 0 Å². The Kier molecular flexibility index (Phi) is 3.36. The lowest BCUT2D eigenvalue weighted by Crippen LogP contribution is -2.03. The molecule has 3 nitrogen and oxygen atoms in total. The monoisotopic (exact) mass is 305 g/mol. The molecule has 0 saturated heterocycles. The number of fused-ring (bicyclic) bond motifs is 1. The summed E-state index contributed by atoms with van der Waals surface area (Å²) in [7, 11) is 1.19. The maximum atomic E-state index is 13.8. The summed E-state index contributed by atoms with van der Waals surface area (Å²) in [6.07, 6.45) is 1.50. The van der Waals surface area contributed by atoms with Gasteiger partial charge in [-0.25, -0.2) is 18.0 Å². The van der Waals surface area contributed by atoms with Gasteiger partial charge in [-0.1, -0.05) is 0 Å². The molecule has 112 valence electrons. The van der Waals surface area contributed by atoms with Crippen molar-refractivity contribution in [3.05, 3.63) is 65.6 Å². The van der Waals surface area contributed by atoms with E-state index in [0.717, 1.165) is 24.3 Å². The van der Waals surface area contributed by atoms with Gasteiger partial charge < -0.3 is 9.30 Å². The van der Waals surface area contributed by atoms with E-state index in [-0.39, 0.29) is 11.3 Å². The number of hydrogen-bond donors (Lipinski definition) is 0. The topological polar surface area (TPSA) is 31.2 Å². The molecule has 3 rings (SSSR count). The largest absolute Gasteiger partial charge is 0.465 e. The van der Waals surface area contributed by atoms with Gasteiger partial charge in [0.1, 0.15) is 17.5 Å². The van der Waals surface area contributed by atoms with Gasteiger partial charge >= 0.3 is 5.97 Å². The lowest BCUT2D eigenvalue weighted by molar-refractivity contribution is 0.0602. The van der Waals surface area contributed by atoms with Crippen molar-refractivity contribution in [2.45, 2.75) is 0 Å². The number of carbonyl (C=O) groups excluding carboxylic acids is 1. The van der Waals surface area contributed by atoms with E-state index < -0.39 is 23.4 Å². The molecular formula is C16H10F3NO2. The number of hydrogen-bond acceptors (Lipinski definition) is 2. The Bertz CT molecular complexity index is 866. The summed E-state index contributed by atoms with van der Waals surface area (Å²) < 4.78 is 46.5. The number of ether oxygens (including phenoxy) is 1. The van der Waals surface area contributed by atoms with Crippen molar-refractivity contribution >= 4 is 16.9 Å². The van der Waals surface area contributed by atoms with Gasteiger partial charge in [-0.15, -0.1) is 0 Å². The molecule has 0 fully saturated rings. The average molecular weight is 305 g/mol. The van der Waals surface area contributed by atoms with E-state index in [4.69, 9.17) is 0 Å². The van der Waals surface area contributed by atoms with Crippen LogP contribution in [0.25, 0.3) is 16.6 Å². The average Bonchev–Trinajstić information content (AvgIpc) is 2.88. The van der Waals surface area contributed by atoms with Crippen LogP contribution >= 0.6 is 0 Å². The SMILES string of the molecule is COC(=O)c1cc(F)cc2c1ccn2-c1cc(F)cc(F)c1. The maximum absolute atomic E-state index is 13.8. The third kappa shape index (κ3) is 2.32. The molecule has 22 heavy (non-hydrogen) atoms. The minimum absolute atomic E-state index is 0.0492. The van der Waals surface area contributed by atoms with Gasteiger partial charge in [-0.05, 0) is 30.3 Å². The Morgan fingerprint density at radius 2 is 1.64 bits per heavy atom. The van der Waals surface area contributed by atoms with Crippen molar-refractivity contribution in [1.29, 1.82) is 0 Å². The Balaban J connectivity index is 2.28. The molecule has 0 amide bonds. The second-order valence-electron chi connectivity index (χ2n) is 4.69. The van der Waals surface area contributed by atoms with Crippen molar-refractivity contribution in [3.63, 3.8) is 0 Å². The third-order valence-corrected chi connectivity index (χ3v) is 3.30. The number of benzene rings is 2. The highest BCUT2D eigenvalue weighted by Crippen LogP contribution is 2.26. The van der Waals surface area contributed by atoms with Crippen molar-refractivity contribution in [3.8, 4) is 5.69 Å². The summed E-state index contributed by atoms with van der Waals surface area (Å²) in [5.41, 5.74) is 0.549. The minimum Gasteiger partial charge on any atom is -0.465 e. The zero-order valence-electron chi connectivity index (χ0n) is 11.4. The van der Waals surface area contributed by atoms with E-state index in [2.05, 4.69) is 4.74 Å². The molecule has 0 aliphatic carbocycles. The van der Waals surface area contributed by atoms with E-state index in [1.807, 2.05) is 0 Å². The highest BCUT2D eigenvalue weighted by molar-refractivity contribution is 6.04. The Morgan fingerprint density at radius 3 is 2.27 bits per heavy atom. The van der Waals surface area contributed by atoms with E-state index in [1.165, 1.54) is 23.9 Å².